The second kappa shape index (κ2) is 9.11. The van der Waals surface area contributed by atoms with Crippen molar-refractivity contribution in [1.82, 2.24) is 4.31 Å². The molecule has 1 N–H and O–H groups in total. The van der Waals surface area contributed by atoms with E-state index in [9.17, 15) is 13.2 Å². The van der Waals surface area contributed by atoms with E-state index in [4.69, 9.17) is 4.74 Å². The van der Waals surface area contributed by atoms with Crippen LogP contribution in [-0.2, 0) is 10.0 Å². The van der Waals surface area contributed by atoms with Gasteiger partial charge in [0.2, 0.25) is 10.0 Å². The summed E-state index contributed by atoms with van der Waals surface area (Å²) < 4.78 is 32.3. The minimum Gasteiger partial charge on any atom is -0.455 e. The first-order chi connectivity index (χ1) is 14.3. The van der Waals surface area contributed by atoms with Crippen LogP contribution in [0.3, 0.4) is 0 Å². The first-order valence-electron chi connectivity index (χ1n) is 9.50. The maximum absolute atomic E-state index is 12.7. The second-order valence-electron chi connectivity index (χ2n) is 7.00. The van der Waals surface area contributed by atoms with Gasteiger partial charge in [0, 0.05) is 18.7 Å². The van der Waals surface area contributed by atoms with Crippen molar-refractivity contribution in [1.29, 1.82) is 0 Å². The molecule has 0 bridgehead atoms. The molecule has 0 saturated carbocycles. The van der Waals surface area contributed by atoms with Crippen molar-refractivity contribution in [3.05, 3.63) is 84.4 Å². The summed E-state index contributed by atoms with van der Waals surface area (Å²) in [6.07, 6.45) is 0. The van der Waals surface area contributed by atoms with Gasteiger partial charge in [0.15, 0.2) is 5.75 Å². The highest BCUT2D eigenvalue weighted by Gasteiger charge is 2.23. The number of carbonyl (C=O) groups excluding carboxylic acids is 1. The number of amides is 1. The van der Waals surface area contributed by atoms with Crippen molar-refractivity contribution < 1.29 is 17.9 Å². The van der Waals surface area contributed by atoms with Crippen LogP contribution in [0.5, 0.6) is 11.5 Å². The normalized spacial score (nSPS) is 11.5. The molecule has 0 unspecified atom stereocenters. The molecule has 3 aromatic carbocycles. The van der Waals surface area contributed by atoms with Gasteiger partial charge in [-0.15, -0.1) is 0 Å². The Bertz CT molecular complexity index is 1110. The Morgan fingerprint density at radius 2 is 1.50 bits per heavy atom. The molecule has 3 rings (SSSR count). The fourth-order valence-corrected chi connectivity index (χ4v) is 4.06. The second-order valence-corrected chi connectivity index (χ2v) is 9.00. The standard InChI is InChI=1S/C23H24N2O4S/c1-17(2)25(3)30(27,28)20-15-13-18(14-16-20)23(26)24-21-11-7-8-12-22(21)29-19-9-5-4-6-10-19/h4-17H,1-3H3,(H,24,26). The molecule has 0 heterocycles. The number of benzene rings is 3. The lowest BCUT2D eigenvalue weighted by molar-refractivity contribution is 0.102. The van der Waals surface area contributed by atoms with Crippen molar-refractivity contribution in [2.24, 2.45) is 0 Å². The number of para-hydroxylation sites is 3. The van der Waals surface area contributed by atoms with Gasteiger partial charge in [-0.2, -0.15) is 4.31 Å². The highest BCUT2D eigenvalue weighted by atomic mass is 32.2. The van der Waals surface area contributed by atoms with Gasteiger partial charge < -0.3 is 10.1 Å². The highest BCUT2D eigenvalue weighted by Crippen LogP contribution is 2.29. The zero-order valence-corrected chi connectivity index (χ0v) is 17.9. The van der Waals surface area contributed by atoms with Gasteiger partial charge in [-0.25, -0.2) is 8.42 Å². The van der Waals surface area contributed by atoms with Crippen molar-refractivity contribution in [3.8, 4) is 11.5 Å². The lowest BCUT2D eigenvalue weighted by atomic mass is 10.2. The molecule has 0 aromatic heterocycles. The van der Waals surface area contributed by atoms with Crippen LogP contribution in [0, 0.1) is 0 Å². The minimum atomic E-state index is -3.60. The summed E-state index contributed by atoms with van der Waals surface area (Å²) in [6, 6.07) is 22.1. The Labute approximate surface area is 177 Å². The molecule has 156 valence electrons. The highest BCUT2D eigenvalue weighted by molar-refractivity contribution is 7.89. The van der Waals surface area contributed by atoms with Gasteiger partial charge in [0.25, 0.3) is 5.91 Å². The number of nitrogens with one attached hydrogen (secondary N) is 1. The van der Waals surface area contributed by atoms with E-state index in [1.165, 1.54) is 35.6 Å². The van der Waals surface area contributed by atoms with Crippen LogP contribution < -0.4 is 10.1 Å². The van der Waals surface area contributed by atoms with Crippen molar-refractivity contribution in [2.75, 3.05) is 12.4 Å². The van der Waals surface area contributed by atoms with Gasteiger partial charge in [-0.05, 0) is 62.4 Å². The summed E-state index contributed by atoms with van der Waals surface area (Å²) in [4.78, 5) is 12.8. The predicted octanol–water partition coefficient (Wildman–Crippen LogP) is 4.76. The molecule has 7 heteroatoms. The van der Waals surface area contributed by atoms with E-state index in [-0.39, 0.29) is 16.8 Å². The Balaban J connectivity index is 1.77. The molecule has 3 aromatic rings. The summed E-state index contributed by atoms with van der Waals surface area (Å²) in [5, 5.41) is 2.82. The molecule has 0 spiro atoms. The zero-order valence-electron chi connectivity index (χ0n) is 17.1. The van der Waals surface area contributed by atoms with E-state index >= 15 is 0 Å². The molecule has 6 nitrogen and oxygen atoms in total. The molecule has 0 aliphatic carbocycles. The summed E-state index contributed by atoms with van der Waals surface area (Å²) in [6.45, 7) is 3.60. The van der Waals surface area contributed by atoms with Crippen LogP contribution in [0.25, 0.3) is 0 Å². The Morgan fingerprint density at radius 1 is 0.900 bits per heavy atom. The maximum Gasteiger partial charge on any atom is 0.255 e. The summed E-state index contributed by atoms with van der Waals surface area (Å²) in [5.74, 6) is 0.804. The summed E-state index contributed by atoms with van der Waals surface area (Å²) in [7, 11) is -2.07. The van der Waals surface area contributed by atoms with Crippen LogP contribution in [0.4, 0.5) is 5.69 Å². The molecular weight excluding hydrogens is 400 g/mol. The lowest BCUT2D eigenvalue weighted by Crippen LogP contribution is -2.33. The van der Waals surface area contributed by atoms with Crippen molar-refractivity contribution in [2.45, 2.75) is 24.8 Å². The smallest absolute Gasteiger partial charge is 0.255 e. The molecule has 30 heavy (non-hydrogen) atoms. The van der Waals surface area contributed by atoms with E-state index in [1.54, 1.807) is 32.0 Å². The molecular formula is C23H24N2O4S. The number of hydrogen-bond donors (Lipinski definition) is 1. The van der Waals surface area contributed by atoms with E-state index in [0.29, 0.717) is 22.7 Å². The van der Waals surface area contributed by atoms with Crippen LogP contribution in [-0.4, -0.2) is 31.7 Å². The van der Waals surface area contributed by atoms with Crippen LogP contribution in [0.15, 0.2) is 83.8 Å². The molecule has 0 fully saturated rings. The number of ether oxygens (including phenoxy) is 1. The van der Waals surface area contributed by atoms with Crippen LogP contribution in [0.2, 0.25) is 0 Å². The summed E-state index contributed by atoms with van der Waals surface area (Å²) in [5.41, 5.74) is 0.859. The van der Waals surface area contributed by atoms with Gasteiger partial charge in [-0.3, -0.25) is 4.79 Å². The predicted molar refractivity (Wildman–Crippen MR) is 117 cm³/mol. The fraction of sp³-hybridized carbons (Fsp3) is 0.174. The Hall–Kier alpha value is -3.16. The first-order valence-corrected chi connectivity index (χ1v) is 10.9. The van der Waals surface area contributed by atoms with Crippen molar-refractivity contribution >= 4 is 21.6 Å². The third kappa shape index (κ3) is 4.87. The number of rotatable bonds is 7. The SMILES string of the molecule is CC(C)N(C)S(=O)(=O)c1ccc(C(=O)Nc2ccccc2Oc2ccccc2)cc1. The fourth-order valence-electron chi connectivity index (χ4n) is 2.69. The average molecular weight is 425 g/mol. The molecule has 0 aliphatic heterocycles. The van der Waals surface area contributed by atoms with Crippen LogP contribution >= 0.6 is 0 Å². The van der Waals surface area contributed by atoms with E-state index in [2.05, 4.69) is 5.32 Å². The van der Waals surface area contributed by atoms with Gasteiger partial charge in [0.1, 0.15) is 5.75 Å². The Kier molecular flexibility index (Phi) is 6.54. The zero-order chi connectivity index (χ0) is 21.7. The summed E-state index contributed by atoms with van der Waals surface area (Å²) >= 11 is 0. The number of nitrogens with zero attached hydrogens (tertiary/aromatic N) is 1. The third-order valence-electron chi connectivity index (χ3n) is 4.63. The van der Waals surface area contributed by atoms with Crippen molar-refractivity contribution in [3.63, 3.8) is 0 Å². The van der Waals surface area contributed by atoms with E-state index < -0.39 is 10.0 Å². The largest absolute Gasteiger partial charge is 0.455 e. The number of sulfonamides is 1. The van der Waals surface area contributed by atoms with E-state index in [1.807, 2.05) is 36.4 Å². The quantitative estimate of drug-likeness (QED) is 0.593. The van der Waals surface area contributed by atoms with Gasteiger partial charge in [0.05, 0.1) is 10.6 Å². The number of anilines is 1. The average Bonchev–Trinajstić information content (AvgIpc) is 2.75. The Morgan fingerprint density at radius 3 is 2.13 bits per heavy atom. The molecule has 0 atom stereocenters. The minimum absolute atomic E-state index is 0.142. The lowest BCUT2D eigenvalue weighted by Gasteiger charge is -2.21. The molecule has 0 radical (unpaired) electrons. The number of hydrogen-bond acceptors (Lipinski definition) is 4. The molecule has 0 aliphatic rings. The monoisotopic (exact) mass is 424 g/mol. The van der Waals surface area contributed by atoms with Gasteiger partial charge in [-0.1, -0.05) is 30.3 Å². The molecule has 1 amide bonds. The van der Waals surface area contributed by atoms with Crippen LogP contribution in [0.1, 0.15) is 24.2 Å². The van der Waals surface area contributed by atoms with E-state index in [0.717, 1.165) is 0 Å². The first kappa shape index (κ1) is 21.5. The molecule has 0 saturated heterocycles. The number of carbonyl (C=O) groups is 1. The third-order valence-corrected chi connectivity index (χ3v) is 6.67. The topological polar surface area (TPSA) is 75.7 Å². The maximum atomic E-state index is 12.7. The van der Waals surface area contributed by atoms with Gasteiger partial charge >= 0.3 is 0 Å².